The highest BCUT2D eigenvalue weighted by Crippen LogP contribution is 2.30. The molecule has 0 aliphatic heterocycles. The molecule has 0 radical (unpaired) electrons. The minimum atomic E-state index is -1.07. The van der Waals surface area contributed by atoms with Crippen molar-refractivity contribution in [3.05, 3.63) is 83.4 Å². The second-order valence-corrected chi connectivity index (χ2v) is 8.09. The Hall–Kier alpha value is -5.06. The summed E-state index contributed by atoms with van der Waals surface area (Å²) in [4.78, 5) is 46.0. The SMILES string of the molecule is CCOC(=O)ON=NC(=O)c1cc(Cn2c(OCC)nc3cccc(C(=O)OC)c32)ccc1-c1ccccc1. The third-order valence-corrected chi connectivity index (χ3v) is 5.66. The van der Waals surface area contributed by atoms with Crippen LogP contribution in [0.2, 0.25) is 0 Å². The molecule has 4 rings (SSSR count). The van der Waals surface area contributed by atoms with Gasteiger partial charge in [0.05, 0.1) is 49.0 Å². The normalized spacial score (nSPS) is 10.9. The Balaban J connectivity index is 1.78. The summed E-state index contributed by atoms with van der Waals surface area (Å²) >= 11 is 0. The summed E-state index contributed by atoms with van der Waals surface area (Å²) in [5, 5.41) is 6.78. The molecule has 1 heterocycles. The van der Waals surface area contributed by atoms with Crippen LogP contribution in [0, 0.1) is 0 Å². The quantitative estimate of drug-likeness (QED) is 0.155. The summed E-state index contributed by atoms with van der Waals surface area (Å²) in [6, 6.07) is 20.1. The van der Waals surface area contributed by atoms with Crippen molar-refractivity contribution >= 4 is 29.1 Å². The Bertz CT molecular complexity index is 1530. The average Bonchev–Trinajstić information content (AvgIpc) is 3.30. The number of nitrogens with zero attached hydrogens (tertiary/aromatic N) is 4. The summed E-state index contributed by atoms with van der Waals surface area (Å²) in [5.41, 5.74) is 3.74. The highest BCUT2D eigenvalue weighted by Gasteiger charge is 2.21. The van der Waals surface area contributed by atoms with Crippen molar-refractivity contribution in [3.63, 3.8) is 0 Å². The predicted octanol–water partition coefficient (Wildman–Crippen LogP) is 5.62. The number of carbonyl (C=O) groups excluding carboxylic acids is 3. The van der Waals surface area contributed by atoms with Crippen molar-refractivity contribution in [3.8, 4) is 17.1 Å². The van der Waals surface area contributed by atoms with Crippen LogP contribution < -0.4 is 4.74 Å². The van der Waals surface area contributed by atoms with Gasteiger partial charge in [-0.3, -0.25) is 14.2 Å². The monoisotopic (exact) mass is 530 g/mol. The molecule has 0 N–H and O–H groups in total. The third-order valence-electron chi connectivity index (χ3n) is 5.66. The topological polar surface area (TPSA) is 131 Å². The standard InChI is InChI=1S/C28H26N4O7/c1-4-37-27-29-23-13-9-12-21(26(34)36-3)24(23)32(27)17-18-14-15-20(19-10-7-6-8-11-19)22(16-18)25(33)30-31-39-28(35)38-5-2/h6-16H,4-5,17H2,1-3H3. The number of rotatable bonds is 9. The molecule has 0 aliphatic rings. The molecular formula is C28H26N4O7. The summed E-state index contributed by atoms with van der Waals surface area (Å²) in [6.07, 6.45) is -1.07. The molecule has 0 bridgehead atoms. The number of methoxy groups -OCH3 is 1. The smallest absolute Gasteiger partial charge is 0.465 e. The van der Waals surface area contributed by atoms with Crippen LogP contribution >= 0.6 is 0 Å². The van der Waals surface area contributed by atoms with E-state index in [0.29, 0.717) is 40.3 Å². The molecule has 0 spiro atoms. The zero-order chi connectivity index (χ0) is 27.8. The minimum Gasteiger partial charge on any atom is -0.465 e. The maximum Gasteiger partial charge on any atom is 0.536 e. The summed E-state index contributed by atoms with van der Waals surface area (Å²) in [5.74, 6) is -1.24. The second-order valence-electron chi connectivity index (χ2n) is 8.09. The van der Waals surface area contributed by atoms with Crippen molar-refractivity contribution in [2.45, 2.75) is 20.4 Å². The number of para-hydroxylation sites is 1. The first-order valence-electron chi connectivity index (χ1n) is 12.1. The van der Waals surface area contributed by atoms with Crippen molar-refractivity contribution < 1.29 is 33.4 Å². The van der Waals surface area contributed by atoms with Crippen molar-refractivity contribution in [1.29, 1.82) is 0 Å². The maximum atomic E-state index is 13.1. The fourth-order valence-corrected chi connectivity index (χ4v) is 4.03. The number of carbonyl (C=O) groups is 3. The molecule has 0 saturated heterocycles. The van der Waals surface area contributed by atoms with E-state index in [4.69, 9.17) is 9.47 Å². The minimum absolute atomic E-state index is 0.0901. The zero-order valence-electron chi connectivity index (χ0n) is 21.6. The first-order chi connectivity index (χ1) is 19.0. The number of imidazole rings is 1. The zero-order valence-corrected chi connectivity index (χ0v) is 21.6. The molecule has 3 aromatic carbocycles. The molecule has 0 atom stereocenters. The molecule has 11 heteroatoms. The Morgan fingerprint density at radius 3 is 2.44 bits per heavy atom. The highest BCUT2D eigenvalue weighted by molar-refractivity contribution is 6.03. The number of fused-ring (bicyclic) bond motifs is 1. The maximum absolute atomic E-state index is 13.1. The van der Waals surface area contributed by atoms with Crippen LogP contribution in [0.5, 0.6) is 6.01 Å². The van der Waals surface area contributed by atoms with E-state index in [9.17, 15) is 14.4 Å². The molecular weight excluding hydrogens is 504 g/mol. The van der Waals surface area contributed by atoms with E-state index in [1.165, 1.54) is 7.11 Å². The second kappa shape index (κ2) is 12.5. The van der Waals surface area contributed by atoms with E-state index in [-0.39, 0.29) is 18.7 Å². The van der Waals surface area contributed by atoms with E-state index in [1.54, 1.807) is 41.8 Å². The van der Waals surface area contributed by atoms with Gasteiger partial charge in [0.15, 0.2) is 0 Å². The Morgan fingerprint density at radius 2 is 1.72 bits per heavy atom. The van der Waals surface area contributed by atoms with Crippen molar-refractivity contribution in [2.75, 3.05) is 20.3 Å². The molecule has 4 aromatic rings. The lowest BCUT2D eigenvalue weighted by Crippen LogP contribution is -2.10. The first-order valence-corrected chi connectivity index (χ1v) is 12.1. The Labute approximate surface area is 223 Å². The van der Waals surface area contributed by atoms with Crippen LogP contribution in [0.25, 0.3) is 22.2 Å². The van der Waals surface area contributed by atoms with E-state index < -0.39 is 18.0 Å². The van der Waals surface area contributed by atoms with E-state index >= 15 is 0 Å². The largest absolute Gasteiger partial charge is 0.536 e. The number of hydrogen-bond donors (Lipinski definition) is 0. The van der Waals surface area contributed by atoms with E-state index in [0.717, 1.165) is 5.56 Å². The number of amides is 1. The molecule has 200 valence electrons. The number of ether oxygens (including phenoxy) is 3. The number of hydrogen-bond acceptors (Lipinski definition) is 9. The lowest BCUT2D eigenvalue weighted by molar-refractivity contribution is 0.0532. The van der Waals surface area contributed by atoms with Gasteiger partial charge in [0.2, 0.25) is 0 Å². The highest BCUT2D eigenvalue weighted by atomic mass is 16.8. The Kier molecular flexibility index (Phi) is 8.62. The lowest BCUT2D eigenvalue weighted by atomic mass is 9.97. The average molecular weight is 531 g/mol. The van der Waals surface area contributed by atoms with Gasteiger partial charge in [0, 0.05) is 5.28 Å². The summed E-state index contributed by atoms with van der Waals surface area (Å²) in [6.45, 7) is 4.10. The van der Waals surface area contributed by atoms with Gasteiger partial charge in [-0.25, -0.2) is 9.59 Å². The third kappa shape index (κ3) is 6.09. The Morgan fingerprint density at radius 1 is 0.923 bits per heavy atom. The van der Waals surface area contributed by atoms with Crippen molar-refractivity contribution in [2.24, 2.45) is 10.4 Å². The van der Waals surface area contributed by atoms with Crippen LogP contribution in [0.15, 0.2) is 77.1 Å². The molecule has 0 fully saturated rings. The van der Waals surface area contributed by atoms with Crippen LogP contribution in [0.3, 0.4) is 0 Å². The van der Waals surface area contributed by atoms with Gasteiger partial charge in [0.1, 0.15) is 0 Å². The van der Waals surface area contributed by atoms with Gasteiger partial charge in [-0.1, -0.05) is 53.6 Å². The van der Waals surface area contributed by atoms with Crippen molar-refractivity contribution in [1.82, 2.24) is 9.55 Å². The van der Waals surface area contributed by atoms with Gasteiger partial charge < -0.3 is 14.2 Å². The molecule has 0 saturated carbocycles. The molecule has 1 amide bonds. The van der Waals surface area contributed by atoms with Crippen LogP contribution in [0.4, 0.5) is 4.79 Å². The van der Waals surface area contributed by atoms with Gasteiger partial charge >= 0.3 is 12.1 Å². The molecule has 1 aromatic heterocycles. The fraction of sp³-hybridized carbons (Fsp3) is 0.214. The van der Waals surface area contributed by atoms with Gasteiger partial charge in [0.25, 0.3) is 11.9 Å². The molecule has 11 nitrogen and oxygen atoms in total. The lowest BCUT2D eigenvalue weighted by Gasteiger charge is -2.13. The summed E-state index contributed by atoms with van der Waals surface area (Å²) < 4.78 is 17.1. The predicted molar refractivity (Wildman–Crippen MR) is 141 cm³/mol. The van der Waals surface area contributed by atoms with Crippen LogP contribution in [-0.4, -0.2) is 47.9 Å². The van der Waals surface area contributed by atoms with E-state index in [2.05, 4.69) is 25.0 Å². The van der Waals surface area contributed by atoms with Gasteiger partial charge in [-0.15, -0.1) is 0 Å². The summed E-state index contributed by atoms with van der Waals surface area (Å²) in [7, 11) is 1.31. The number of benzene rings is 3. The van der Waals surface area contributed by atoms with E-state index in [1.807, 2.05) is 43.3 Å². The first kappa shape index (κ1) is 27.0. The van der Waals surface area contributed by atoms with Gasteiger partial charge in [-0.05, 0) is 48.7 Å². The van der Waals surface area contributed by atoms with Gasteiger partial charge in [-0.2, -0.15) is 4.98 Å². The number of esters is 1. The number of aromatic nitrogens is 2. The fourth-order valence-electron chi connectivity index (χ4n) is 4.03. The molecule has 39 heavy (non-hydrogen) atoms. The molecule has 0 aliphatic carbocycles. The van der Waals surface area contributed by atoms with Crippen LogP contribution in [0.1, 0.15) is 40.1 Å². The van der Waals surface area contributed by atoms with Crippen LogP contribution in [-0.2, 0) is 20.9 Å². The molecule has 0 unspecified atom stereocenters.